The van der Waals surface area contributed by atoms with Crippen molar-refractivity contribution >= 4 is 15.9 Å². The molecule has 0 spiro atoms. The number of nitrogens with zero attached hydrogens (tertiary/aromatic N) is 4. The van der Waals surface area contributed by atoms with E-state index >= 15 is 0 Å². The van der Waals surface area contributed by atoms with E-state index in [1.54, 1.807) is 7.05 Å². The Kier molecular flexibility index (Phi) is 6.64. The van der Waals surface area contributed by atoms with E-state index in [4.69, 9.17) is 0 Å². The Bertz CT molecular complexity index is 1330. The van der Waals surface area contributed by atoms with Crippen LogP contribution < -0.4 is 5.32 Å². The molecule has 2 unspecified atom stereocenters. The molecule has 1 saturated heterocycles. The molecule has 186 valence electrons. The van der Waals surface area contributed by atoms with Crippen LogP contribution in [0.3, 0.4) is 0 Å². The lowest BCUT2D eigenvalue weighted by Crippen LogP contribution is -2.35. The van der Waals surface area contributed by atoms with E-state index in [1.165, 1.54) is 41.4 Å². The summed E-state index contributed by atoms with van der Waals surface area (Å²) in [4.78, 5) is 20.8. The van der Waals surface area contributed by atoms with E-state index in [0.29, 0.717) is 5.56 Å². The normalized spacial score (nSPS) is 19.1. The summed E-state index contributed by atoms with van der Waals surface area (Å²) in [7, 11) is -2.39. The summed E-state index contributed by atoms with van der Waals surface area (Å²) in [5, 5.41) is 2.39. The Hall–Kier alpha value is -3.32. The van der Waals surface area contributed by atoms with Crippen molar-refractivity contribution < 1.29 is 30.8 Å². The summed E-state index contributed by atoms with van der Waals surface area (Å²) >= 11 is 0. The van der Waals surface area contributed by atoms with Gasteiger partial charge in [0.05, 0.1) is 30.0 Å². The molecule has 0 saturated carbocycles. The molecule has 0 radical (unpaired) electrons. The second-order valence-corrected chi connectivity index (χ2v) is 10.1. The lowest BCUT2D eigenvalue weighted by molar-refractivity contribution is -0.137. The van der Waals surface area contributed by atoms with Crippen molar-refractivity contribution in [3.8, 4) is 0 Å². The van der Waals surface area contributed by atoms with Crippen LogP contribution in [0, 0.1) is 11.7 Å². The quantitative estimate of drug-likeness (QED) is 0.514. The highest BCUT2D eigenvalue weighted by atomic mass is 32.2. The van der Waals surface area contributed by atoms with Crippen LogP contribution in [0.25, 0.3) is 0 Å². The first-order valence-corrected chi connectivity index (χ1v) is 11.9. The van der Waals surface area contributed by atoms with Crippen molar-refractivity contribution in [1.29, 1.82) is 0 Å². The summed E-state index contributed by atoms with van der Waals surface area (Å²) in [5.74, 6) is -2.52. The third kappa shape index (κ3) is 5.35. The zero-order valence-corrected chi connectivity index (χ0v) is 19.2. The number of carbonyl (C=O) groups is 1. The van der Waals surface area contributed by atoms with Gasteiger partial charge in [-0.15, -0.1) is 0 Å². The fraction of sp³-hybridized carbons (Fsp3) is 0.318. The number of benzene rings is 1. The molecule has 1 aliphatic heterocycles. The number of alkyl halides is 3. The Morgan fingerprint density at radius 2 is 1.86 bits per heavy atom. The van der Waals surface area contributed by atoms with Crippen LogP contribution in [0.1, 0.15) is 22.7 Å². The van der Waals surface area contributed by atoms with Gasteiger partial charge in [-0.1, -0.05) is 12.1 Å². The van der Waals surface area contributed by atoms with Gasteiger partial charge in [-0.3, -0.25) is 9.78 Å². The Labute approximate surface area is 198 Å². The highest BCUT2D eigenvalue weighted by molar-refractivity contribution is 7.89. The molecule has 2 aromatic heterocycles. The fourth-order valence-corrected chi connectivity index (χ4v) is 5.45. The van der Waals surface area contributed by atoms with Crippen molar-refractivity contribution in [3.05, 3.63) is 77.8 Å². The Morgan fingerprint density at radius 1 is 1.14 bits per heavy atom. The number of pyridine rings is 1. The van der Waals surface area contributed by atoms with Gasteiger partial charge in [0, 0.05) is 38.4 Å². The molecule has 1 N–H and O–H groups in total. The molecular weight excluding hydrogens is 490 g/mol. The molecular formula is C22H21F4N5O3S. The number of hydrogen-bond donors (Lipinski definition) is 1. The molecule has 13 heteroatoms. The maximum Gasteiger partial charge on any atom is 0.416 e. The van der Waals surface area contributed by atoms with Gasteiger partial charge < -0.3 is 9.88 Å². The molecule has 1 amide bonds. The van der Waals surface area contributed by atoms with Crippen LogP contribution in [0.15, 0.2) is 60.1 Å². The molecule has 1 aliphatic rings. The van der Waals surface area contributed by atoms with Crippen LogP contribution in [0.4, 0.5) is 17.6 Å². The summed E-state index contributed by atoms with van der Waals surface area (Å²) in [6, 6.07) is 7.05. The topological polar surface area (TPSA) is 97.2 Å². The number of nitrogens with one attached hydrogen (secondary N) is 1. The maximum atomic E-state index is 13.5. The summed E-state index contributed by atoms with van der Waals surface area (Å²) < 4.78 is 81.2. The molecule has 1 fully saturated rings. The van der Waals surface area contributed by atoms with Crippen molar-refractivity contribution in [1.82, 2.24) is 24.2 Å². The SMILES string of the molecule is Cn1cnc(S(=O)(=O)N2CC(C(=O)NCc3cc(C(F)(F)F)ccn3)C(c3ccc(F)cc3)C2)c1. The molecule has 1 aromatic carbocycles. The van der Waals surface area contributed by atoms with Crippen molar-refractivity contribution in [2.24, 2.45) is 13.0 Å². The summed E-state index contributed by atoms with van der Waals surface area (Å²) in [5.41, 5.74) is -0.334. The third-order valence-corrected chi connectivity index (χ3v) is 7.51. The molecule has 3 heterocycles. The van der Waals surface area contributed by atoms with Crippen LogP contribution in [0.5, 0.6) is 0 Å². The van der Waals surface area contributed by atoms with E-state index in [-0.39, 0.29) is 30.4 Å². The zero-order valence-electron chi connectivity index (χ0n) is 18.4. The largest absolute Gasteiger partial charge is 0.416 e. The standard InChI is InChI=1S/C22H21F4N5O3S/c1-30-12-20(29-13-30)35(33,34)31-10-18(14-2-4-16(23)5-3-14)19(11-31)21(32)28-9-17-8-15(6-7-27-17)22(24,25)26/h2-8,12-13,18-19H,9-11H2,1H3,(H,28,32). The van der Waals surface area contributed by atoms with Gasteiger partial charge in [0.1, 0.15) is 5.82 Å². The molecule has 2 atom stereocenters. The molecule has 8 nitrogen and oxygen atoms in total. The molecule has 4 rings (SSSR count). The lowest BCUT2D eigenvalue weighted by atomic mass is 9.88. The number of aryl methyl sites for hydroxylation is 1. The predicted octanol–water partition coefficient (Wildman–Crippen LogP) is 2.69. The minimum absolute atomic E-state index is 0.00228. The Morgan fingerprint density at radius 3 is 2.49 bits per heavy atom. The smallest absolute Gasteiger partial charge is 0.350 e. The van der Waals surface area contributed by atoms with E-state index in [1.807, 2.05) is 0 Å². The predicted molar refractivity (Wildman–Crippen MR) is 116 cm³/mol. The van der Waals surface area contributed by atoms with E-state index in [2.05, 4.69) is 15.3 Å². The van der Waals surface area contributed by atoms with Crippen LogP contribution in [-0.4, -0.2) is 46.3 Å². The number of aromatic nitrogens is 3. The minimum Gasteiger partial charge on any atom is -0.350 e. The van der Waals surface area contributed by atoms with Gasteiger partial charge in [-0.05, 0) is 29.8 Å². The Balaban J connectivity index is 1.56. The van der Waals surface area contributed by atoms with Crippen molar-refractivity contribution in [2.45, 2.75) is 23.7 Å². The molecule has 0 bridgehead atoms. The fourth-order valence-electron chi connectivity index (χ4n) is 3.99. The second-order valence-electron chi connectivity index (χ2n) is 8.22. The van der Waals surface area contributed by atoms with Gasteiger partial charge in [0.2, 0.25) is 5.91 Å². The number of hydrogen-bond acceptors (Lipinski definition) is 5. The molecule has 3 aromatic rings. The van der Waals surface area contributed by atoms with Crippen molar-refractivity contribution in [3.63, 3.8) is 0 Å². The van der Waals surface area contributed by atoms with Gasteiger partial charge in [0.15, 0.2) is 5.03 Å². The van der Waals surface area contributed by atoms with E-state index in [0.717, 1.165) is 22.6 Å². The molecule has 0 aliphatic carbocycles. The first kappa shape index (κ1) is 24.8. The highest BCUT2D eigenvalue weighted by Gasteiger charge is 2.44. The number of halogens is 4. The first-order chi connectivity index (χ1) is 16.4. The maximum absolute atomic E-state index is 13.5. The minimum atomic E-state index is -4.55. The van der Waals surface area contributed by atoms with Crippen LogP contribution in [0.2, 0.25) is 0 Å². The first-order valence-electron chi connectivity index (χ1n) is 10.5. The third-order valence-electron chi connectivity index (χ3n) is 5.79. The van der Waals surface area contributed by atoms with Gasteiger partial charge in [-0.25, -0.2) is 17.8 Å². The average Bonchev–Trinajstić information content (AvgIpc) is 3.45. The lowest BCUT2D eigenvalue weighted by Gasteiger charge is -2.18. The van der Waals surface area contributed by atoms with Crippen LogP contribution >= 0.6 is 0 Å². The molecule has 35 heavy (non-hydrogen) atoms. The number of rotatable bonds is 6. The van der Waals surface area contributed by atoms with Crippen LogP contribution in [-0.2, 0) is 34.6 Å². The average molecular weight is 512 g/mol. The van der Waals surface area contributed by atoms with Gasteiger partial charge in [0.25, 0.3) is 10.0 Å². The van der Waals surface area contributed by atoms with Gasteiger partial charge in [-0.2, -0.15) is 17.5 Å². The zero-order chi connectivity index (χ0) is 25.4. The highest BCUT2D eigenvalue weighted by Crippen LogP contribution is 2.36. The number of imidazole rings is 1. The number of amides is 1. The van der Waals surface area contributed by atoms with E-state index in [9.17, 15) is 30.8 Å². The number of carbonyl (C=O) groups excluding carboxylic acids is 1. The van der Waals surface area contributed by atoms with Crippen molar-refractivity contribution in [2.75, 3.05) is 13.1 Å². The monoisotopic (exact) mass is 511 g/mol. The summed E-state index contributed by atoms with van der Waals surface area (Å²) in [6.45, 7) is -0.504. The van der Waals surface area contributed by atoms with E-state index < -0.39 is 45.3 Å². The number of sulfonamides is 1. The van der Waals surface area contributed by atoms with Gasteiger partial charge >= 0.3 is 6.18 Å². The summed E-state index contributed by atoms with van der Waals surface area (Å²) in [6.07, 6.45) is -0.870. The second kappa shape index (κ2) is 9.38.